The van der Waals surface area contributed by atoms with Crippen LogP contribution in [0.5, 0.6) is 0 Å². The molecule has 0 aliphatic carbocycles. The molecule has 0 aromatic heterocycles. The number of hydrogen-bond acceptors (Lipinski definition) is 3. The molecule has 1 fully saturated rings. The fourth-order valence-electron chi connectivity index (χ4n) is 4.48. The van der Waals surface area contributed by atoms with E-state index in [0.717, 1.165) is 22.0 Å². The second-order valence-corrected chi connectivity index (χ2v) is 9.20. The van der Waals surface area contributed by atoms with Gasteiger partial charge in [-0.3, -0.25) is 9.59 Å². The minimum Gasteiger partial charge on any atom is -0.380 e. The van der Waals surface area contributed by atoms with Crippen molar-refractivity contribution in [2.24, 2.45) is 11.8 Å². The van der Waals surface area contributed by atoms with Gasteiger partial charge in [0.05, 0.1) is 0 Å². The molecule has 0 radical (unpaired) electrons. The molecule has 1 aliphatic heterocycles. The maximum Gasteiger partial charge on any atom is 0.254 e. The third-order valence-corrected chi connectivity index (χ3v) is 6.60. The highest BCUT2D eigenvalue weighted by atomic mass is 16.2. The zero-order chi connectivity index (χ0) is 23.2. The standard InChI is InChI=1S/C28H33N3O2/c1-20(2)26(30-23-11-4-3-5-12-23)19-29-27(32)22-15-17-31(18-16-22)28(33)25-14-8-10-21-9-6-7-13-24(21)25/h3-14,20,22,26,30H,15-19H2,1-2H3,(H,29,32). The predicted molar refractivity (Wildman–Crippen MR) is 134 cm³/mol. The lowest BCUT2D eigenvalue weighted by atomic mass is 9.94. The van der Waals surface area contributed by atoms with Crippen LogP contribution in [0.25, 0.3) is 10.8 Å². The second kappa shape index (κ2) is 10.5. The normalized spacial score (nSPS) is 15.4. The number of nitrogens with one attached hydrogen (secondary N) is 2. The van der Waals surface area contributed by atoms with E-state index in [0.29, 0.717) is 38.4 Å². The van der Waals surface area contributed by atoms with Crippen molar-refractivity contribution in [3.63, 3.8) is 0 Å². The quantitative estimate of drug-likeness (QED) is 0.543. The summed E-state index contributed by atoms with van der Waals surface area (Å²) in [6, 6.07) is 24.1. The first-order valence-electron chi connectivity index (χ1n) is 11.9. The Kier molecular flexibility index (Phi) is 7.28. The number of nitrogens with zero attached hydrogens (tertiary/aromatic N) is 1. The zero-order valence-corrected chi connectivity index (χ0v) is 19.5. The summed E-state index contributed by atoms with van der Waals surface area (Å²) in [5.41, 5.74) is 1.80. The minimum absolute atomic E-state index is 0.0499. The van der Waals surface area contributed by atoms with Crippen LogP contribution in [0.4, 0.5) is 5.69 Å². The number of hydrogen-bond donors (Lipinski definition) is 2. The molecule has 0 saturated carbocycles. The van der Waals surface area contributed by atoms with Crippen molar-refractivity contribution in [1.29, 1.82) is 0 Å². The van der Waals surface area contributed by atoms with E-state index in [-0.39, 0.29) is 23.8 Å². The fourth-order valence-corrected chi connectivity index (χ4v) is 4.48. The number of anilines is 1. The van der Waals surface area contributed by atoms with Gasteiger partial charge in [0.25, 0.3) is 5.91 Å². The summed E-state index contributed by atoms with van der Waals surface area (Å²) in [6.45, 7) is 6.11. The van der Waals surface area contributed by atoms with Gasteiger partial charge < -0.3 is 15.5 Å². The number of amides is 2. The summed E-state index contributed by atoms with van der Waals surface area (Å²) < 4.78 is 0. The molecule has 1 atom stereocenters. The highest BCUT2D eigenvalue weighted by molar-refractivity contribution is 6.07. The van der Waals surface area contributed by atoms with Gasteiger partial charge in [0.1, 0.15) is 0 Å². The largest absolute Gasteiger partial charge is 0.380 e. The first-order valence-corrected chi connectivity index (χ1v) is 11.9. The number of carbonyl (C=O) groups excluding carboxylic acids is 2. The smallest absolute Gasteiger partial charge is 0.254 e. The van der Waals surface area contributed by atoms with Crippen LogP contribution < -0.4 is 10.6 Å². The molecule has 0 spiro atoms. The predicted octanol–water partition coefficient (Wildman–Crippen LogP) is 4.94. The lowest BCUT2D eigenvalue weighted by Crippen LogP contribution is -2.46. The average Bonchev–Trinajstić information content (AvgIpc) is 2.86. The fraction of sp³-hybridized carbons (Fsp3) is 0.357. The molecule has 1 heterocycles. The molecule has 172 valence electrons. The molecule has 1 saturated heterocycles. The summed E-state index contributed by atoms with van der Waals surface area (Å²) in [7, 11) is 0. The van der Waals surface area contributed by atoms with Crippen molar-refractivity contribution in [2.75, 3.05) is 25.0 Å². The molecule has 1 aliphatic rings. The summed E-state index contributed by atoms with van der Waals surface area (Å²) in [5.74, 6) is 0.474. The van der Waals surface area contributed by atoms with Gasteiger partial charge >= 0.3 is 0 Å². The van der Waals surface area contributed by atoms with Crippen LogP contribution in [0.3, 0.4) is 0 Å². The summed E-state index contributed by atoms with van der Waals surface area (Å²) in [5, 5.41) is 8.73. The minimum atomic E-state index is -0.0499. The first kappa shape index (κ1) is 22.8. The first-order chi connectivity index (χ1) is 16.0. The van der Waals surface area contributed by atoms with Gasteiger partial charge in [-0.1, -0.05) is 68.4 Å². The molecule has 3 aromatic carbocycles. The lowest BCUT2D eigenvalue weighted by molar-refractivity contribution is -0.126. The van der Waals surface area contributed by atoms with Crippen molar-refractivity contribution >= 4 is 28.3 Å². The maximum absolute atomic E-state index is 13.2. The molecule has 3 aromatic rings. The number of para-hydroxylation sites is 1. The molecule has 2 N–H and O–H groups in total. The Labute approximate surface area is 196 Å². The number of benzene rings is 3. The monoisotopic (exact) mass is 443 g/mol. The topological polar surface area (TPSA) is 61.4 Å². The van der Waals surface area contributed by atoms with E-state index in [1.807, 2.05) is 77.7 Å². The van der Waals surface area contributed by atoms with E-state index in [9.17, 15) is 9.59 Å². The van der Waals surface area contributed by atoms with Gasteiger partial charge in [0.15, 0.2) is 0 Å². The Morgan fingerprint density at radius 1 is 0.909 bits per heavy atom. The number of rotatable bonds is 7. The number of piperidine rings is 1. The second-order valence-electron chi connectivity index (χ2n) is 9.20. The molecule has 2 amide bonds. The Morgan fingerprint density at radius 3 is 2.30 bits per heavy atom. The Balaban J connectivity index is 1.31. The van der Waals surface area contributed by atoms with E-state index in [1.165, 1.54) is 0 Å². The van der Waals surface area contributed by atoms with Crippen LogP contribution in [-0.4, -0.2) is 42.4 Å². The van der Waals surface area contributed by atoms with E-state index < -0.39 is 0 Å². The van der Waals surface area contributed by atoms with Crippen molar-refractivity contribution in [2.45, 2.75) is 32.7 Å². The van der Waals surface area contributed by atoms with Gasteiger partial charge in [-0.2, -0.15) is 0 Å². The van der Waals surface area contributed by atoms with E-state index >= 15 is 0 Å². The van der Waals surface area contributed by atoms with Crippen LogP contribution >= 0.6 is 0 Å². The zero-order valence-electron chi connectivity index (χ0n) is 19.5. The SMILES string of the molecule is CC(C)C(CNC(=O)C1CCN(C(=O)c2cccc3ccccc23)CC1)Nc1ccccc1. The number of likely N-dealkylation sites (tertiary alicyclic amines) is 1. The summed E-state index contributed by atoms with van der Waals surface area (Å²) in [6.07, 6.45) is 1.39. The van der Waals surface area contributed by atoms with Crippen molar-refractivity contribution < 1.29 is 9.59 Å². The maximum atomic E-state index is 13.2. The third kappa shape index (κ3) is 5.54. The Morgan fingerprint density at radius 2 is 1.58 bits per heavy atom. The number of fused-ring (bicyclic) bond motifs is 1. The van der Waals surface area contributed by atoms with Crippen molar-refractivity contribution in [1.82, 2.24) is 10.2 Å². The molecule has 1 unspecified atom stereocenters. The summed E-state index contributed by atoms with van der Waals surface area (Å²) in [4.78, 5) is 27.9. The van der Waals surface area contributed by atoms with Gasteiger partial charge in [-0.25, -0.2) is 0 Å². The van der Waals surface area contributed by atoms with Crippen molar-refractivity contribution in [3.8, 4) is 0 Å². The van der Waals surface area contributed by atoms with Gasteiger partial charge in [0.2, 0.25) is 5.91 Å². The van der Waals surface area contributed by atoms with E-state index in [4.69, 9.17) is 0 Å². The van der Waals surface area contributed by atoms with Gasteiger partial charge in [-0.15, -0.1) is 0 Å². The van der Waals surface area contributed by atoms with Crippen LogP contribution in [0.1, 0.15) is 37.0 Å². The molecule has 4 rings (SSSR count). The molecular weight excluding hydrogens is 410 g/mol. The molecular formula is C28H33N3O2. The van der Waals surface area contributed by atoms with E-state index in [1.54, 1.807) is 0 Å². The van der Waals surface area contributed by atoms with Gasteiger partial charge in [-0.05, 0) is 47.7 Å². The molecule has 5 heteroatoms. The van der Waals surface area contributed by atoms with Crippen LogP contribution in [0.15, 0.2) is 72.8 Å². The van der Waals surface area contributed by atoms with Crippen LogP contribution in [-0.2, 0) is 4.79 Å². The lowest BCUT2D eigenvalue weighted by Gasteiger charge is -2.32. The van der Waals surface area contributed by atoms with E-state index in [2.05, 4.69) is 24.5 Å². The molecule has 5 nitrogen and oxygen atoms in total. The highest BCUT2D eigenvalue weighted by Gasteiger charge is 2.29. The van der Waals surface area contributed by atoms with Gasteiger partial charge in [0, 0.05) is 42.8 Å². The highest BCUT2D eigenvalue weighted by Crippen LogP contribution is 2.24. The summed E-state index contributed by atoms with van der Waals surface area (Å²) >= 11 is 0. The number of carbonyl (C=O) groups is 2. The van der Waals surface area contributed by atoms with Crippen LogP contribution in [0.2, 0.25) is 0 Å². The Hall–Kier alpha value is -3.34. The Bertz CT molecular complexity index is 1080. The molecule has 33 heavy (non-hydrogen) atoms. The average molecular weight is 444 g/mol. The van der Waals surface area contributed by atoms with Crippen molar-refractivity contribution in [3.05, 3.63) is 78.4 Å². The third-order valence-electron chi connectivity index (χ3n) is 6.60. The molecule has 0 bridgehead atoms. The van der Waals surface area contributed by atoms with Crippen LogP contribution in [0, 0.1) is 11.8 Å².